The fourth-order valence-electron chi connectivity index (χ4n) is 2.65. The summed E-state index contributed by atoms with van der Waals surface area (Å²) in [6.07, 6.45) is 0.757. The van der Waals surface area contributed by atoms with Gasteiger partial charge < -0.3 is 0 Å². The molecular weight excluding hydrogens is 304 g/mol. The lowest BCUT2D eigenvalue weighted by Gasteiger charge is -2.32. The Balaban J connectivity index is 1.97. The number of nitriles is 1. The van der Waals surface area contributed by atoms with E-state index in [9.17, 15) is 8.42 Å². The van der Waals surface area contributed by atoms with Gasteiger partial charge in [0.15, 0.2) is 0 Å². The summed E-state index contributed by atoms with van der Waals surface area (Å²) >= 11 is 1.68. The molecule has 1 aromatic carbocycles. The van der Waals surface area contributed by atoms with Gasteiger partial charge >= 0.3 is 0 Å². The molecule has 4 nitrogen and oxygen atoms in total. The number of benzene rings is 1. The maximum atomic E-state index is 12.8. The third kappa shape index (κ3) is 2.38. The smallest absolute Gasteiger partial charge is 0.207 e. The molecule has 1 aliphatic rings. The monoisotopic (exact) mass is 318 g/mol. The summed E-state index contributed by atoms with van der Waals surface area (Å²) in [6.45, 7) is 2.42. The molecule has 1 atom stereocenters. The summed E-state index contributed by atoms with van der Waals surface area (Å²) in [5, 5.41) is 10.8. The van der Waals surface area contributed by atoms with Crippen LogP contribution in [-0.2, 0) is 16.4 Å². The van der Waals surface area contributed by atoms with Crippen molar-refractivity contribution in [2.75, 3.05) is 6.54 Å². The van der Waals surface area contributed by atoms with Crippen molar-refractivity contribution in [2.45, 2.75) is 24.3 Å². The molecule has 2 aromatic rings. The zero-order valence-electron chi connectivity index (χ0n) is 11.5. The van der Waals surface area contributed by atoms with Crippen LogP contribution in [0.1, 0.15) is 29.0 Å². The van der Waals surface area contributed by atoms with Gasteiger partial charge in [-0.3, -0.25) is 0 Å². The van der Waals surface area contributed by atoms with E-state index in [1.54, 1.807) is 15.6 Å². The molecule has 0 unspecified atom stereocenters. The topological polar surface area (TPSA) is 61.2 Å². The van der Waals surface area contributed by atoms with E-state index in [0.29, 0.717) is 12.1 Å². The molecule has 3 rings (SSSR count). The fourth-order valence-corrected chi connectivity index (χ4v) is 5.23. The van der Waals surface area contributed by atoms with Gasteiger partial charge in [-0.2, -0.15) is 9.57 Å². The third-order valence-corrected chi connectivity index (χ3v) is 6.79. The summed E-state index contributed by atoms with van der Waals surface area (Å²) in [7, 11) is -3.53. The van der Waals surface area contributed by atoms with Crippen LogP contribution in [0.2, 0.25) is 0 Å². The van der Waals surface area contributed by atoms with Crippen molar-refractivity contribution in [3.05, 3.63) is 51.7 Å². The molecule has 0 fully saturated rings. The van der Waals surface area contributed by atoms with Crippen molar-refractivity contribution >= 4 is 21.4 Å². The molecule has 2 heterocycles. The molecule has 21 heavy (non-hydrogen) atoms. The zero-order chi connectivity index (χ0) is 15.0. The fraction of sp³-hybridized carbons (Fsp3) is 0.267. The van der Waals surface area contributed by atoms with Gasteiger partial charge in [0.2, 0.25) is 10.0 Å². The molecule has 0 bridgehead atoms. The molecule has 1 aliphatic heterocycles. The first-order chi connectivity index (χ1) is 10.0. The van der Waals surface area contributed by atoms with Crippen LogP contribution < -0.4 is 0 Å². The van der Waals surface area contributed by atoms with E-state index in [1.165, 1.54) is 29.1 Å². The van der Waals surface area contributed by atoms with E-state index < -0.39 is 10.0 Å². The van der Waals surface area contributed by atoms with Gasteiger partial charge in [0.05, 0.1) is 16.5 Å². The highest BCUT2D eigenvalue weighted by molar-refractivity contribution is 7.89. The summed E-state index contributed by atoms with van der Waals surface area (Å²) in [5.41, 5.74) is 1.56. The summed E-state index contributed by atoms with van der Waals surface area (Å²) in [4.78, 5) is 1.51. The molecule has 0 radical (unpaired) electrons. The number of hydrogen-bond acceptors (Lipinski definition) is 4. The van der Waals surface area contributed by atoms with E-state index >= 15 is 0 Å². The highest BCUT2D eigenvalue weighted by atomic mass is 32.2. The van der Waals surface area contributed by atoms with E-state index in [-0.39, 0.29) is 10.9 Å². The Morgan fingerprint density at radius 2 is 2.00 bits per heavy atom. The molecule has 0 amide bonds. The quantitative estimate of drug-likeness (QED) is 0.855. The minimum Gasteiger partial charge on any atom is -0.207 e. The predicted octanol–water partition coefficient (Wildman–Crippen LogP) is 2.93. The average Bonchev–Trinajstić information content (AvgIpc) is 2.97. The van der Waals surface area contributed by atoms with Crippen LogP contribution >= 0.6 is 11.3 Å². The van der Waals surface area contributed by atoms with Gasteiger partial charge in [-0.1, -0.05) is 0 Å². The van der Waals surface area contributed by atoms with Gasteiger partial charge in [-0.15, -0.1) is 11.3 Å². The second kappa shape index (κ2) is 5.26. The van der Waals surface area contributed by atoms with Crippen LogP contribution in [0.25, 0.3) is 0 Å². The van der Waals surface area contributed by atoms with Gasteiger partial charge in [-0.05, 0) is 54.6 Å². The number of hydrogen-bond donors (Lipinski definition) is 0. The van der Waals surface area contributed by atoms with Crippen LogP contribution in [0.3, 0.4) is 0 Å². The second-order valence-electron chi connectivity index (χ2n) is 4.98. The van der Waals surface area contributed by atoms with Gasteiger partial charge in [0.1, 0.15) is 0 Å². The Hall–Kier alpha value is -1.68. The Morgan fingerprint density at radius 3 is 2.67 bits per heavy atom. The first kappa shape index (κ1) is 14.3. The van der Waals surface area contributed by atoms with Crippen LogP contribution in [0.5, 0.6) is 0 Å². The molecule has 0 saturated carbocycles. The molecule has 6 heteroatoms. The molecular formula is C15H14N2O2S2. The lowest BCUT2D eigenvalue weighted by Crippen LogP contribution is -2.38. The van der Waals surface area contributed by atoms with Crippen molar-refractivity contribution in [2.24, 2.45) is 0 Å². The standard InChI is InChI=1S/C15H14N2O2S2/c1-11-14-7-9-20-15(14)6-8-17(11)21(18,19)13-4-2-12(10-16)3-5-13/h2-5,7,9,11H,6,8H2,1H3/t11-/m1/s1. The Morgan fingerprint density at radius 1 is 1.29 bits per heavy atom. The zero-order valence-corrected chi connectivity index (χ0v) is 13.1. The normalized spacial score (nSPS) is 19.0. The number of fused-ring (bicyclic) bond motifs is 1. The molecule has 1 aromatic heterocycles. The molecule has 0 N–H and O–H groups in total. The first-order valence-corrected chi connectivity index (χ1v) is 8.94. The second-order valence-corrected chi connectivity index (χ2v) is 7.87. The van der Waals surface area contributed by atoms with Crippen molar-refractivity contribution in [1.82, 2.24) is 4.31 Å². The summed E-state index contributed by atoms with van der Waals surface area (Å²) in [6, 6.07) is 9.94. The number of sulfonamides is 1. The Bertz CT molecular complexity index is 801. The Kier molecular flexibility index (Phi) is 3.57. The SMILES string of the molecule is C[C@@H]1c2ccsc2CCN1S(=O)(=O)c1ccc(C#N)cc1. The highest BCUT2D eigenvalue weighted by Gasteiger charge is 2.34. The minimum atomic E-state index is -3.53. The molecule has 0 aliphatic carbocycles. The van der Waals surface area contributed by atoms with Crippen LogP contribution in [0.15, 0.2) is 40.6 Å². The highest BCUT2D eigenvalue weighted by Crippen LogP contribution is 2.36. The predicted molar refractivity (Wildman–Crippen MR) is 81.5 cm³/mol. The van der Waals surface area contributed by atoms with Crippen molar-refractivity contribution in [1.29, 1.82) is 5.26 Å². The summed E-state index contributed by atoms with van der Waals surface area (Å²) < 4.78 is 27.1. The van der Waals surface area contributed by atoms with Crippen LogP contribution in [0, 0.1) is 11.3 Å². The molecule has 0 spiro atoms. The van der Waals surface area contributed by atoms with E-state index in [1.807, 2.05) is 24.4 Å². The van der Waals surface area contributed by atoms with Crippen molar-refractivity contribution in [3.63, 3.8) is 0 Å². The largest absolute Gasteiger partial charge is 0.243 e. The third-order valence-electron chi connectivity index (χ3n) is 3.81. The maximum Gasteiger partial charge on any atom is 0.243 e. The van der Waals surface area contributed by atoms with E-state index in [2.05, 4.69) is 0 Å². The summed E-state index contributed by atoms with van der Waals surface area (Å²) in [5.74, 6) is 0. The van der Waals surface area contributed by atoms with E-state index in [4.69, 9.17) is 5.26 Å². The molecule has 108 valence electrons. The Labute approximate surface area is 128 Å². The van der Waals surface area contributed by atoms with Crippen molar-refractivity contribution < 1.29 is 8.42 Å². The number of rotatable bonds is 2. The lowest BCUT2D eigenvalue weighted by atomic mass is 10.0. The number of nitrogens with zero attached hydrogens (tertiary/aromatic N) is 2. The van der Waals surface area contributed by atoms with Crippen LogP contribution in [-0.4, -0.2) is 19.3 Å². The maximum absolute atomic E-state index is 12.8. The lowest BCUT2D eigenvalue weighted by molar-refractivity contribution is 0.329. The average molecular weight is 318 g/mol. The van der Waals surface area contributed by atoms with Gasteiger partial charge in [0, 0.05) is 17.5 Å². The van der Waals surface area contributed by atoms with Crippen molar-refractivity contribution in [3.8, 4) is 6.07 Å². The van der Waals surface area contributed by atoms with Crippen LogP contribution in [0.4, 0.5) is 0 Å². The van der Waals surface area contributed by atoms with Gasteiger partial charge in [-0.25, -0.2) is 8.42 Å². The van der Waals surface area contributed by atoms with Gasteiger partial charge in [0.25, 0.3) is 0 Å². The first-order valence-electron chi connectivity index (χ1n) is 6.62. The molecule has 0 saturated heterocycles. The number of thiophene rings is 1. The van der Waals surface area contributed by atoms with E-state index in [0.717, 1.165) is 12.0 Å². The minimum absolute atomic E-state index is 0.152.